The fraction of sp³-hybridized carbons (Fsp3) is 0.214. The summed E-state index contributed by atoms with van der Waals surface area (Å²) < 4.78 is 9.26. The van der Waals surface area contributed by atoms with E-state index in [4.69, 9.17) is 4.74 Å². The van der Waals surface area contributed by atoms with Crippen LogP contribution in [-0.4, -0.2) is 35.7 Å². The first kappa shape index (κ1) is 13.8. The summed E-state index contributed by atoms with van der Waals surface area (Å²) in [6, 6.07) is 8.03. The van der Waals surface area contributed by atoms with E-state index >= 15 is 0 Å². The van der Waals surface area contributed by atoms with Crippen LogP contribution in [0.25, 0.3) is 0 Å². The highest BCUT2D eigenvalue weighted by Gasteiger charge is 2.46. The molecule has 104 valence electrons. The van der Waals surface area contributed by atoms with Crippen molar-refractivity contribution in [2.24, 2.45) is 0 Å². The number of rotatable bonds is 4. The molecule has 1 saturated heterocycles. The smallest absolute Gasteiger partial charge is 0.427 e. The van der Waals surface area contributed by atoms with Gasteiger partial charge >= 0.3 is 18.2 Å². The fourth-order valence-corrected chi connectivity index (χ4v) is 1.85. The summed E-state index contributed by atoms with van der Waals surface area (Å²) in [6.07, 6.45) is -0.367. The van der Waals surface area contributed by atoms with Gasteiger partial charge in [0.2, 0.25) is 0 Å². The van der Waals surface area contributed by atoms with Crippen LogP contribution in [0.3, 0.4) is 0 Å². The Morgan fingerprint density at radius 3 is 2.70 bits per heavy atom. The highest BCUT2D eigenvalue weighted by Crippen LogP contribution is 2.19. The van der Waals surface area contributed by atoms with Crippen molar-refractivity contribution in [1.29, 1.82) is 0 Å². The largest absolute Gasteiger partial charge is 0.445 e. The molecule has 1 fully saturated rings. The Balaban J connectivity index is 2.15. The summed E-state index contributed by atoms with van der Waals surface area (Å²) in [5.74, 6) is -0.755. The Morgan fingerprint density at radius 2 is 2.05 bits per heavy atom. The van der Waals surface area contributed by atoms with Crippen molar-refractivity contribution < 1.29 is 23.9 Å². The second-order valence-electron chi connectivity index (χ2n) is 4.13. The third-order valence-electron chi connectivity index (χ3n) is 2.76. The number of amides is 2. The summed E-state index contributed by atoms with van der Waals surface area (Å²) in [7, 11) is 0. The number of benzene rings is 1. The average Bonchev–Trinajstić information content (AvgIpc) is 2.72. The third-order valence-corrected chi connectivity index (χ3v) is 2.76. The van der Waals surface area contributed by atoms with Gasteiger partial charge in [-0.3, -0.25) is 0 Å². The van der Waals surface area contributed by atoms with Crippen molar-refractivity contribution in [3.05, 3.63) is 48.6 Å². The molecule has 1 aromatic rings. The lowest BCUT2D eigenvalue weighted by molar-refractivity contribution is -0.135. The van der Waals surface area contributed by atoms with Gasteiger partial charge in [-0.05, 0) is 5.56 Å². The summed E-state index contributed by atoms with van der Waals surface area (Å²) in [4.78, 5) is 35.7. The van der Waals surface area contributed by atoms with Gasteiger partial charge in [0, 0.05) is 6.42 Å². The molecule has 1 unspecified atom stereocenters. The number of esters is 1. The minimum absolute atomic E-state index is 0.0468. The molecule has 1 atom stereocenters. The number of nitrogens with zero attached hydrogens (tertiary/aromatic N) is 1. The van der Waals surface area contributed by atoms with Crippen molar-refractivity contribution in [3.8, 4) is 0 Å². The molecular formula is C14H13NO5. The first-order valence-corrected chi connectivity index (χ1v) is 6.00. The SMILES string of the molecule is C=CCOC(=O)N1C(=O)OC(=O)C1Cc1ccccc1. The fourth-order valence-electron chi connectivity index (χ4n) is 1.85. The zero-order valence-corrected chi connectivity index (χ0v) is 10.7. The van der Waals surface area contributed by atoms with Gasteiger partial charge in [-0.1, -0.05) is 43.0 Å². The van der Waals surface area contributed by atoms with E-state index in [1.165, 1.54) is 6.08 Å². The van der Waals surface area contributed by atoms with Gasteiger partial charge < -0.3 is 9.47 Å². The highest BCUT2D eigenvalue weighted by atomic mass is 16.6. The summed E-state index contributed by atoms with van der Waals surface area (Å²) in [6.45, 7) is 3.35. The number of carbonyl (C=O) groups excluding carboxylic acids is 3. The van der Waals surface area contributed by atoms with E-state index in [1.54, 1.807) is 24.3 Å². The van der Waals surface area contributed by atoms with Crippen LogP contribution in [0.5, 0.6) is 0 Å². The summed E-state index contributed by atoms with van der Waals surface area (Å²) >= 11 is 0. The van der Waals surface area contributed by atoms with Crippen LogP contribution in [-0.2, 0) is 20.7 Å². The average molecular weight is 275 g/mol. The normalized spacial score (nSPS) is 17.8. The molecule has 0 N–H and O–H groups in total. The van der Waals surface area contributed by atoms with Crippen LogP contribution < -0.4 is 0 Å². The summed E-state index contributed by atoms with van der Waals surface area (Å²) in [5.41, 5.74) is 0.811. The number of hydrogen-bond donors (Lipinski definition) is 0. The van der Waals surface area contributed by atoms with E-state index in [0.29, 0.717) is 4.90 Å². The van der Waals surface area contributed by atoms with Gasteiger partial charge in [0.25, 0.3) is 0 Å². The molecule has 0 aliphatic carbocycles. The second-order valence-corrected chi connectivity index (χ2v) is 4.13. The highest BCUT2D eigenvalue weighted by molar-refractivity contribution is 6.03. The Bertz CT molecular complexity index is 540. The molecule has 0 spiro atoms. The van der Waals surface area contributed by atoms with Crippen LogP contribution in [0.1, 0.15) is 5.56 Å². The maximum atomic E-state index is 11.8. The van der Waals surface area contributed by atoms with E-state index in [1.807, 2.05) is 6.07 Å². The van der Waals surface area contributed by atoms with Crippen molar-refractivity contribution in [1.82, 2.24) is 4.90 Å². The summed E-state index contributed by atoms with van der Waals surface area (Å²) in [5, 5.41) is 0. The lowest BCUT2D eigenvalue weighted by Crippen LogP contribution is -2.41. The number of cyclic esters (lactones) is 2. The van der Waals surface area contributed by atoms with Crippen LogP contribution in [0, 0.1) is 0 Å². The quantitative estimate of drug-likeness (QED) is 0.476. The number of ether oxygens (including phenoxy) is 2. The molecule has 1 heterocycles. The van der Waals surface area contributed by atoms with Crippen molar-refractivity contribution >= 4 is 18.2 Å². The number of hydrogen-bond acceptors (Lipinski definition) is 5. The number of carbonyl (C=O) groups is 3. The topological polar surface area (TPSA) is 72.9 Å². The molecule has 20 heavy (non-hydrogen) atoms. The maximum absolute atomic E-state index is 11.8. The molecule has 1 aromatic carbocycles. The van der Waals surface area contributed by atoms with Gasteiger partial charge in [0.05, 0.1) is 0 Å². The molecule has 2 amide bonds. The lowest BCUT2D eigenvalue weighted by Gasteiger charge is -2.17. The predicted octanol–water partition coefficient (Wildman–Crippen LogP) is 1.90. The van der Waals surface area contributed by atoms with E-state index in [2.05, 4.69) is 11.3 Å². The van der Waals surface area contributed by atoms with E-state index in [9.17, 15) is 14.4 Å². The third kappa shape index (κ3) is 2.85. The monoisotopic (exact) mass is 275 g/mol. The van der Waals surface area contributed by atoms with Crippen molar-refractivity contribution in [2.45, 2.75) is 12.5 Å². The van der Waals surface area contributed by atoms with Gasteiger partial charge in [0.1, 0.15) is 12.6 Å². The van der Waals surface area contributed by atoms with Gasteiger partial charge in [0.15, 0.2) is 0 Å². The van der Waals surface area contributed by atoms with Crippen LogP contribution in [0.15, 0.2) is 43.0 Å². The minimum atomic E-state index is -1.01. The van der Waals surface area contributed by atoms with Crippen LogP contribution >= 0.6 is 0 Å². The molecule has 0 saturated carbocycles. The Morgan fingerprint density at radius 1 is 1.35 bits per heavy atom. The van der Waals surface area contributed by atoms with E-state index in [-0.39, 0.29) is 13.0 Å². The standard InChI is InChI=1S/C14H13NO5/c1-2-8-19-13(17)15-11(12(16)20-14(15)18)9-10-6-4-3-5-7-10/h2-7,11H,1,8-9H2. The molecule has 6 heteroatoms. The minimum Gasteiger partial charge on any atom is -0.445 e. The predicted molar refractivity (Wildman–Crippen MR) is 68.8 cm³/mol. The lowest BCUT2D eigenvalue weighted by atomic mass is 10.1. The Hall–Kier alpha value is -2.63. The van der Waals surface area contributed by atoms with Gasteiger partial charge in [-0.15, -0.1) is 0 Å². The first-order valence-electron chi connectivity index (χ1n) is 6.00. The van der Waals surface area contributed by atoms with Crippen molar-refractivity contribution in [3.63, 3.8) is 0 Å². The van der Waals surface area contributed by atoms with Gasteiger partial charge in [-0.2, -0.15) is 4.90 Å². The van der Waals surface area contributed by atoms with E-state index in [0.717, 1.165) is 5.56 Å². The molecule has 0 aromatic heterocycles. The zero-order valence-electron chi connectivity index (χ0n) is 10.7. The maximum Gasteiger partial charge on any atom is 0.427 e. The molecule has 0 bridgehead atoms. The van der Waals surface area contributed by atoms with Crippen LogP contribution in [0.2, 0.25) is 0 Å². The van der Waals surface area contributed by atoms with E-state index < -0.39 is 24.2 Å². The second kappa shape index (κ2) is 6.01. The Labute approximate surface area is 115 Å². The van der Waals surface area contributed by atoms with Gasteiger partial charge in [-0.25, -0.2) is 14.4 Å². The zero-order chi connectivity index (χ0) is 14.5. The van der Waals surface area contributed by atoms with Crippen molar-refractivity contribution in [2.75, 3.05) is 6.61 Å². The number of imide groups is 1. The Kier molecular flexibility index (Phi) is 4.14. The molecule has 1 aliphatic rings. The molecular weight excluding hydrogens is 262 g/mol. The first-order chi connectivity index (χ1) is 9.63. The molecule has 1 aliphatic heterocycles. The molecule has 2 rings (SSSR count). The molecule has 6 nitrogen and oxygen atoms in total. The molecule has 0 radical (unpaired) electrons. The van der Waals surface area contributed by atoms with Crippen LogP contribution in [0.4, 0.5) is 9.59 Å².